The van der Waals surface area contributed by atoms with Gasteiger partial charge in [0.2, 0.25) is 0 Å². The number of aliphatic hydroxyl groups excluding tert-OH is 6. The zero-order valence-electron chi connectivity index (χ0n) is 33.3. The first-order valence-electron chi connectivity index (χ1n) is 20.9. The molecule has 10 heteroatoms. The zero-order chi connectivity index (χ0) is 39.1. The topological polar surface area (TPSA) is 169 Å². The summed E-state index contributed by atoms with van der Waals surface area (Å²) in [6.07, 6.45) is 27.7. The number of allylic oxidation sites excluding steroid dienone is 6. The maximum absolute atomic E-state index is 13.0. The van der Waals surface area contributed by atoms with Gasteiger partial charge in [0, 0.05) is 0 Å². The number of carbonyl (C=O) groups is 1. The van der Waals surface area contributed by atoms with Crippen molar-refractivity contribution in [1.82, 2.24) is 5.32 Å². The molecule has 10 nitrogen and oxygen atoms in total. The first-order chi connectivity index (χ1) is 25.7. The fourth-order valence-electron chi connectivity index (χ4n) is 6.29. The number of rotatable bonds is 32. The first-order valence-corrected chi connectivity index (χ1v) is 20.9. The van der Waals surface area contributed by atoms with Crippen molar-refractivity contribution in [1.29, 1.82) is 0 Å². The van der Waals surface area contributed by atoms with E-state index >= 15 is 0 Å². The predicted octanol–water partition coefficient (Wildman–Crippen LogP) is 6.86. The molecule has 1 fully saturated rings. The molecule has 0 unspecified atom stereocenters. The highest BCUT2D eigenvalue weighted by Gasteiger charge is 2.44. The van der Waals surface area contributed by atoms with Gasteiger partial charge < -0.3 is 45.4 Å². The van der Waals surface area contributed by atoms with Crippen molar-refractivity contribution in [2.75, 3.05) is 13.2 Å². The van der Waals surface area contributed by atoms with E-state index in [1.807, 2.05) is 6.08 Å². The molecule has 1 saturated heterocycles. The third-order valence-corrected chi connectivity index (χ3v) is 9.83. The molecule has 1 rings (SSSR count). The van der Waals surface area contributed by atoms with Crippen LogP contribution in [-0.4, -0.2) is 98.7 Å². The number of ether oxygens (including phenoxy) is 2. The molecule has 7 N–H and O–H groups in total. The minimum atomic E-state index is -1.63. The van der Waals surface area contributed by atoms with Crippen LogP contribution in [0, 0.1) is 0 Å². The highest BCUT2D eigenvalue weighted by molar-refractivity contribution is 5.82. The minimum absolute atomic E-state index is 0.350. The van der Waals surface area contributed by atoms with Crippen molar-refractivity contribution in [2.45, 2.75) is 205 Å². The molecule has 1 aliphatic heterocycles. The molecule has 1 aliphatic rings. The molecule has 0 spiro atoms. The number of nitrogens with one attached hydrogen (secondary N) is 1. The molecular weight excluding hydrogens is 674 g/mol. The zero-order valence-corrected chi connectivity index (χ0v) is 33.3. The monoisotopic (exact) mass is 752 g/mol. The third kappa shape index (κ3) is 23.6. The van der Waals surface area contributed by atoms with Crippen molar-refractivity contribution in [3.63, 3.8) is 0 Å². The van der Waals surface area contributed by atoms with Gasteiger partial charge in [0.25, 0.3) is 5.91 Å². The van der Waals surface area contributed by atoms with Gasteiger partial charge in [0.15, 0.2) is 12.4 Å². The van der Waals surface area contributed by atoms with E-state index in [-0.39, 0.29) is 6.61 Å². The fraction of sp³-hybridized carbons (Fsp3) is 0.791. The van der Waals surface area contributed by atoms with E-state index in [0.717, 1.165) is 32.1 Å². The number of carbonyl (C=O) groups excluding carboxylic acids is 1. The third-order valence-electron chi connectivity index (χ3n) is 9.83. The normalized spacial score (nSPS) is 23.0. The van der Waals surface area contributed by atoms with Gasteiger partial charge in [0.05, 0.1) is 25.4 Å². The maximum Gasteiger partial charge on any atom is 0.253 e. The Balaban J connectivity index is 2.62. The van der Waals surface area contributed by atoms with Gasteiger partial charge in [-0.2, -0.15) is 0 Å². The molecule has 0 radical (unpaired) electrons. The van der Waals surface area contributed by atoms with Crippen molar-refractivity contribution < 1.29 is 44.9 Å². The molecule has 308 valence electrons. The fourth-order valence-corrected chi connectivity index (χ4v) is 6.29. The van der Waals surface area contributed by atoms with Gasteiger partial charge in [-0.3, -0.25) is 4.79 Å². The average molecular weight is 752 g/mol. The van der Waals surface area contributed by atoms with Crippen LogP contribution in [0.5, 0.6) is 0 Å². The number of unbranched alkanes of at least 4 members (excludes halogenated alkanes) is 18. The van der Waals surface area contributed by atoms with Gasteiger partial charge in [-0.15, -0.1) is 0 Å². The van der Waals surface area contributed by atoms with Gasteiger partial charge in [-0.1, -0.05) is 158 Å². The van der Waals surface area contributed by atoms with Crippen LogP contribution in [0.1, 0.15) is 156 Å². The van der Waals surface area contributed by atoms with E-state index in [0.29, 0.717) is 6.42 Å². The SMILES string of the molecule is CCCCCCC/C=C/C(C)=C/CC/C=C/[C@@H](O)[C@H](CO[C@H]1O[C@H](CO)[C@@H](O)[C@H](O)[C@H]1O)NC(=O)[C@H](O)/C=C/CCCCCCCCCCCCCC. The van der Waals surface area contributed by atoms with Gasteiger partial charge in [-0.05, 0) is 45.4 Å². The van der Waals surface area contributed by atoms with E-state index in [9.17, 15) is 35.4 Å². The van der Waals surface area contributed by atoms with Crippen molar-refractivity contribution in [2.24, 2.45) is 0 Å². The molecule has 8 atom stereocenters. The maximum atomic E-state index is 13.0. The molecule has 1 heterocycles. The van der Waals surface area contributed by atoms with E-state index < -0.39 is 61.5 Å². The molecule has 0 aromatic heterocycles. The summed E-state index contributed by atoms with van der Waals surface area (Å²) in [6.45, 7) is 5.56. The summed E-state index contributed by atoms with van der Waals surface area (Å²) in [5.74, 6) is -0.721. The molecule has 1 amide bonds. The second kappa shape index (κ2) is 32.4. The molecule has 0 aliphatic carbocycles. The summed E-state index contributed by atoms with van der Waals surface area (Å²) >= 11 is 0. The first kappa shape index (κ1) is 49.1. The summed E-state index contributed by atoms with van der Waals surface area (Å²) in [5, 5.41) is 64.3. The molecule has 0 aromatic carbocycles. The summed E-state index contributed by atoms with van der Waals surface area (Å²) < 4.78 is 11.1. The molecule has 0 saturated carbocycles. The van der Waals surface area contributed by atoms with Crippen LogP contribution in [0.15, 0.2) is 48.1 Å². The second-order valence-corrected chi connectivity index (χ2v) is 14.7. The highest BCUT2D eigenvalue weighted by atomic mass is 16.7. The van der Waals surface area contributed by atoms with Crippen LogP contribution in [0.3, 0.4) is 0 Å². The quantitative estimate of drug-likeness (QED) is 0.0221. The Bertz CT molecular complexity index is 1010. The van der Waals surface area contributed by atoms with Crippen molar-refractivity contribution in [3.8, 4) is 0 Å². The Morgan fingerprint density at radius 3 is 1.79 bits per heavy atom. The number of amides is 1. The molecule has 0 aromatic rings. The Labute approximate surface area is 321 Å². The standard InChI is InChI=1S/C43H77NO9/c1-4-6-8-10-12-13-14-15-16-17-18-20-22-26-31-37(47)42(51)44-35(33-52-43-41(50)40(49)39(48)38(32-45)53-43)36(46)30-27-23-25-29-34(3)28-24-21-19-11-9-7-5-2/h24,26-31,35-41,43,45-50H,4-23,25,32-33H2,1-3H3,(H,44,51)/b28-24+,30-27+,31-26+,34-29+/t35-,36+,37+,38+,39+,40-,41+,43-/m0/s1. The Kier molecular flexibility index (Phi) is 30.0. The van der Waals surface area contributed by atoms with Gasteiger partial charge >= 0.3 is 0 Å². The van der Waals surface area contributed by atoms with Crippen LogP contribution in [0.2, 0.25) is 0 Å². The van der Waals surface area contributed by atoms with E-state index in [4.69, 9.17) is 9.47 Å². The van der Waals surface area contributed by atoms with E-state index in [1.165, 1.54) is 108 Å². The summed E-state index contributed by atoms with van der Waals surface area (Å²) in [4.78, 5) is 13.0. The lowest BCUT2D eigenvalue weighted by Crippen LogP contribution is -2.60. The second-order valence-electron chi connectivity index (χ2n) is 14.7. The Hall–Kier alpha value is -1.89. The average Bonchev–Trinajstić information content (AvgIpc) is 3.15. The largest absolute Gasteiger partial charge is 0.394 e. The van der Waals surface area contributed by atoms with Crippen LogP contribution in [-0.2, 0) is 14.3 Å². The van der Waals surface area contributed by atoms with E-state index in [2.05, 4.69) is 44.3 Å². The lowest BCUT2D eigenvalue weighted by atomic mass is 9.99. The van der Waals surface area contributed by atoms with Crippen LogP contribution >= 0.6 is 0 Å². The molecule has 53 heavy (non-hydrogen) atoms. The van der Waals surface area contributed by atoms with Crippen LogP contribution in [0.4, 0.5) is 0 Å². The lowest BCUT2D eigenvalue weighted by Gasteiger charge is -2.40. The molecule has 0 bridgehead atoms. The lowest BCUT2D eigenvalue weighted by molar-refractivity contribution is -0.302. The van der Waals surface area contributed by atoms with Crippen LogP contribution in [0.25, 0.3) is 0 Å². The molecular formula is C43H77NO9. The number of hydrogen-bond acceptors (Lipinski definition) is 9. The smallest absolute Gasteiger partial charge is 0.253 e. The predicted molar refractivity (Wildman–Crippen MR) is 213 cm³/mol. The van der Waals surface area contributed by atoms with Crippen molar-refractivity contribution in [3.05, 3.63) is 48.1 Å². The Morgan fingerprint density at radius 2 is 1.23 bits per heavy atom. The van der Waals surface area contributed by atoms with E-state index in [1.54, 1.807) is 12.2 Å². The minimum Gasteiger partial charge on any atom is -0.394 e. The number of aliphatic hydroxyl groups is 6. The summed E-state index contributed by atoms with van der Waals surface area (Å²) in [7, 11) is 0. The number of hydrogen-bond donors (Lipinski definition) is 7. The summed E-state index contributed by atoms with van der Waals surface area (Å²) in [6, 6.07) is -1.04. The van der Waals surface area contributed by atoms with Crippen molar-refractivity contribution >= 4 is 5.91 Å². The van der Waals surface area contributed by atoms with Gasteiger partial charge in [0.1, 0.15) is 24.4 Å². The summed E-state index contributed by atoms with van der Waals surface area (Å²) in [5.41, 5.74) is 1.17. The highest BCUT2D eigenvalue weighted by Crippen LogP contribution is 2.22. The Morgan fingerprint density at radius 1 is 0.698 bits per heavy atom. The van der Waals surface area contributed by atoms with Crippen LogP contribution < -0.4 is 5.32 Å². The van der Waals surface area contributed by atoms with Gasteiger partial charge in [-0.25, -0.2) is 0 Å².